The first kappa shape index (κ1) is 12.1. The van der Waals surface area contributed by atoms with E-state index in [0.29, 0.717) is 30.4 Å². The first-order valence-corrected chi connectivity index (χ1v) is 7.43. The molecule has 2 atom stereocenters. The van der Waals surface area contributed by atoms with Crippen LogP contribution in [0.25, 0.3) is 0 Å². The summed E-state index contributed by atoms with van der Waals surface area (Å²) in [6.45, 7) is 3.05. The highest BCUT2D eigenvalue weighted by atomic mass is 16.3. The fourth-order valence-corrected chi connectivity index (χ4v) is 3.21. The predicted molar refractivity (Wildman–Crippen MR) is 84.7 cm³/mol. The van der Waals surface area contributed by atoms with Gasteiger partial charge in [-0.1, -0.05) is 18.6 Å². The van der Waals surface area contributed by atoms with Crippen LogP contribution in [0.15, 0.2) is 23.8 Å². The van der Waals surface area contributed by atoms with E-state index in [0.717, 1.165) is 5.56 Å². The fourth-order valence-electron chi connectivity index (χ4n) is 3.21. The summed E-state index contributed by atoms with van der Waals surface area (Å²) in [4.78, 5) is 0. The molecule has 0 aromatic heterocycles. The molecule has 3 nitrogen and oxygen atoms in total. The molecule has 21 heavy (non-hydrogen) atoms. The Morgan fingerprint density at radius 1 is 1.29 bits per heavy atom. The standard InChI is InChI=1S/C18H26O3/c1-5-12-9-15(19)17(16(20)10-12)13-8-11(2)6-7-14(13)18(3,4)21/h8-10,13-14,19-21H,5-7H2,1-4H3/i2D3. The molecule has 2 unspecified atom stereocenters. The van der Waals surface area contributed by atoms with Crippen molar-refractivity contribution in [3.63, 3.8) is 0 Å². The first-order valence-electron chi connectivity index (χ1n) is 8.93. The molecule has 1 aromatic carbocycles. The minimum Gasteiger partial charge on any atom is -0.507 e. The lowest BCUT2D eigenvalue weighted by Crippen LogP contribution is -2.36. The fraction of sp³-hybridized carbons (Fsp3) is 0.556. The van der Waals surface area contributed by atoms with Crippen molar-refractivity contribution in [3.8, 4) is 11.5 Å². The molecule has 3 heteroatoms. The summed E-state index contributed by atoms with van der Waals surface area (Å²) in [7, 11) is 0. The zero-order valence-electron chi connectivity index (χ0n) is 15.8. The second kappa shape index (κ2) is 5.72. The van der Waals surface area contributed by atoms with Crippen molar-refractivity contribution in [2.45, 2.75) is 58.4 Å². The molecule has 0 fully saturated rings. The Balaban J connectivity index is 2.60. The summed E-state index contributed by atoms with van der Waals surface area (Å²) in [5, 5.41) is 31.3. The molecule has 116 valence electrons. The minimum atomic E-state index is -2.21. The Bertz CT molecular complexity index is 619. The summed E-state index contributed by atoms with van der Waals surface area (Å²) < 4.78 is 22.9. The molecule has 0 spiro atoms. The summed E-state index contributed by atoms with van der Waals surface area (Å²) >= 11 is 0. The number of aromatic hydroxyl groups is 2. The molecule has 0 bridgehead atoms. The van der Waals surface area contributed by atoms with E-state index in [9.17, 15) is 15.3 Å². The number of aryl methyl sites for hydroxylation is 1. The number of phenols is 2. The lowest BCUT2D eigenvalue weighted by molar-refractivity contribution is 0.00421. The van der Waals surface area contributed by atoms with Crippen LogP contribution in [0.4, 0.5) is 0 Å². The molecule has 0 radical (unpaired) electrons. The third kappa shape index (κ3) is 3.24. The van der Waals surface area contributed by atoms with E-state index in [1.54, 1.807) is 32.1 Å². The van der Waals surface area contributed by atoms with E-state index in [-0.39, 0.29) is 17.4 Å². The molecule has 1 aromatic rings. The normalized spacial score (nSPS) is 25.7. The van der Waals surface area contributed by atoms with Gasteiger partial charge in [0.25, 0.3) is 0 Å². The van der Waals surface area contributed by atoms with Crippen molar-refractivity contribution in [3.05, 3.63) is 34.9 Å². The molecule has 0 saturated carbocycles. The summed E-state index contributed by atoms with van der Waals surface area (Å²) in [5.74, 6) is -0.976. The van der Waals surface area contributed by atoms with Crippen molar-refractivity contribution < 1.29 is 19.4 Å². The predicted octanol–water partition coefficient (Wildman–Crippen LogP) is 3.87. The Labute approximate surface area is 131 Å². The van der Waals surface area contributed by atoms with Crippen LogP contribution >= 0.6 is 0 Å². The van der Waals surface area contributed by atoms with Gasteiger partial charge in [0.2, 0.25) is 0 Å². The number of rotatable bonds is 3. The molecule has 0 aliphatic heterocycles. The van der Waals surface area contributed by atoms with Gasteiger partial charge in [-0.15, -0.1) is 0 Å². The van der Waals surface area contributed by atoms with Gasteiger partial charge >= 0.3 is 0 Å². The lowest BCUT2D eigenvalue weighted by Gasteiger charge is -2.38. The van der Waals surface area contributed by atoms with E-state index in [1.165, 1.54) is 0 Å². The van der Waals surface area contributed by atoms with E-state index in [4.69, 9.17) is 4.11 Å². The molecular weight excluding hydrogens is 264 g/mol. The van der Waals surface area contributed by atoms with Gasteiger partial charge in [-0.05, 0) is 63.6 Å². The molecule has 0 heterocycles. The third-order valence-corrected chi connectivity index (χ3v) is 4.38. The average Bonchev–Trinajstić information content (AvgIpc) is 2.44. The van der Waals surface area contributed by atoms with Crippen molar-refractivity contribution >= 4 is 0 Å². The van der Waals surface area contributed by atoms with E-state index in [1.807, 2.05) is 6.92 Å². The second-order valence-corrected chi connectivity index (χ2v) is 6.42. The smallest absolute Gasteiger partial charge is 0.123 e. The molecule has 1 aliphatic carbocycles. The number of aliphatic hydroxyl groups is 1. The number of allylic oxidation sites excluding steroid dienone is 2. The maximum Gasteiger partial charge on any atom is 0.123 e. The second-order valence-electron chi connectivity index (χ2n) is 6.42. The lowest BCUT2D eigenvalue weighted by atomic mass is 9.69. The molecule has 0 saturated heterocycles. The van der Waals surface area contributed by atoms with Crippen LogP contribution in [0.3, 0.4) is 0 Å². The molecular formula is C18H26O3. The zero-order chi connectivity index (χ0) is 18.3. The van der Waals surface area contributed by atoms with E-state index in [2.05, 4.69) is 0 Å². The average molecular weight is 293 g/mol. The van der Waals surface area contributed by atoms with Gasteiger partial charge in [-0.3, -0.25) is 0 Å². The first-order chi connectivity index (χ1) is 10.9. The van der Waals surface area contributed by atoms with Gasteiger partial charge in [0.15, 0.2) is 0 Å². The van der Waals surface area contributed by atoms with Gasteiger partial charge in [0.05, 0.1) is 5.60 Å². The number of hydrogen-bond acceptors (Lipinski definition) is 3. The highest BCUT2D eigenvalue weighted by Crippen LogP contribution is 2.47. The van der Waals surface area contributed by atoms with Crippen molar-refractivity contribution in [2.75, 3.05) is 0 Å². The monoisotopic (exact) mass is 293 g/mol. The van der Waals surface area contributed by atoms with Gasteiger partial charge < -0.3 is 15.3 Å². The van der Waals surface area contributed by atoms with Crippen LogP contribution in [0.1, 0.15) is 61.6 Å². The van der Waals surface area contributed by atoms with Crippen molar-refractivity contribution in [1.82, 2.24) is 0 Å². The zero-order valence-corrected chi connectivity index (χ0v) is 12.8. The van der Waals surface area contributed by atoms with Crippen molar-refractivity contribution in [1.29, 1.82) is 0 Å². The Hall–Kier alpha value is -1.48. The number of phenolic OH excluding ortho intramolecular Hbond substituents is 2. The van der Waals surface area contributed by atoms with Crippen molar-refractivity contribution in [2.24, 2.45) is 5.92 Å². The maximum atomic E-state index is 10.5. The number of hydrogen-bond donors (Lipinski definition) is 3. The van der Waals surface area contributed by atoms with Gasteiger partial charge in [0, 0.05) is 15.6 Å². The molecule has 1 aliphatic rings. The highest BCUT2D eigenvalue weighted by Gasteiger charge is 2.38. The van der Waals surface area contributed by atoms with Gasteiger partial charge in [-0.25, -0.2) is 0 Å². The Kier molecular flexibility index (Phi) is 3.30. The Morgan fingerprint density at radius 3 is 2.38 bits per heavy atom. The summed E-state index contributed by atoms with van der Waals surface area (Å²) in [6.07, 6.45) is 3.11. The Morgan fingerprint density at radius 2 is 1.90 bits per heavy atom. The van der Waals surface area contributed by atoms with E-state index < -0.39 is 18.4 Å². The van der Waals surface area contributed by atoms with Crippen LogP contribution in [0, 0.1) is 5.92 Å². The summed E-state index contributed by atoms with van der Waals surface area (Å²) in [5.41, 5.74) is 0.334. The summed E-state index contributed by atoms with van der Waals surface area (Å²) in [6, 6.07) is 3.18. The highest BCUT2D eigenvalue weighted by molar-refractivity contribution is 5.51. The molecule has 3 N–H and O–H groups in total. The van der Waals surface area contributed by atoms with Crippen LogP contribution < -0.4 is 0 Å². The van der Waals surface area contributed by atoms with Crippen LogP contribution in [-0.2, 0) is 6.42 Å². The van der Waals surface area contributed by atoms with Gasteiger partial charge in [0.1, 0.15) is 11.5 Å². The van der Waals surface area contributed by atoms with Crippen LogP contribution in [0.5, 0.6) is 11.5 Å². The van der Waals surface area contributed by atoms with Crippen LogP contribution in [-0.4, -0.2) is 20.9 Å². The third-order valence-electron chi connectivity index (χ3n) is 4.38. The van der Waals surface area contributed by atoms with Gasteiger partial charge in [-0.2, -0.15) is 0 Å². The SMILES string of the molecule is [2H]C([2H])([2H])C1=CC(c2c(O)cc(CC)cc2O)C(C(C)(C)O)CC1. The minimum absolute atomic E-state index is 0.0610. The number of benzene rings is 1. The van der Waals surface area contributed by atoms with E-state index >= 15 is 0 Å². The maximum absolute atomic E-state index is 10.5. The van der Waals surface area contributed by atoms with Crippen LogP contribution in [0.2, 0.25) is 0 Å². The largest absolute Gasteiger partial charge is 0.507 e. The topological polar surface area (TPSA) is 60.7 Å². The quantitative estimate of drug-likeness (QED) is 0.741. The molecule has 2 rings (SSSR count). The molecule has 0 amide bonds.